The van der Waals surface area contributed by atoms with Crippen LogP contribution >= 0.6 is 0 Å². The lowest BCUT2D eigenvalue weighted by atomic mass is 10.00. The summed E-state index contributed by atoms with van der Waals surface area (Å²) in [5, 5.41) is 0. The maximum atomic E-state index is 11.5. The molecule has 0 aromatic heterocycles. The Morgan fingerprint density at radius 3 is 1.82 bits per heavy atom. The van der Waals surface area contributed by atoms with Crippen molar-refractivity contribution in [3.8, 4) is 0 Å². The lowest BCUT2D eigenvalue weighted by Gasteiger charge is -2.19. The van der Waals surface area contributed by atoms with Gasteiger partial charge in [0, 0.05) is 12.0 Å². The van der Waals surface area contributed by atoms with Crippen LogP contribution in [0, 0.1) is 27.7 Å². The first-order valence-electron chi connectivity index (χ1n) is 9.54. The van der Waals surface area contributed by atoms with E-state index >= 15 is 0 Å². The molecule has 0 atom stereocenters. The van der Waals surface area contributed by atoms with E-state index in [2.05, 4.69) is 31.2 Å². The lowest BCUT2D eigenvalue weighted by Crippen LogP contribution is -2.23. The highest BCUT2D eigenvalue weighted by Crippen LogP contribution is 2.15. The number of hydrogen-bond acceptors (Lipinski definition) is 3. The van der Waals surface area contributed by atoms with Gasteiger partial charge in [-0.15, -0.1) is 0 Å². The van der Waals surface area contributed by atoms with E-state index in [9.17, 15) is 9.59 Å². The zero-order valence-electron chi connectivity index (χ0n) is 18.2. The number of rotatable bonds is 4. The van der Waals surface area contributed by atoms with Crippen molar-refractivity contribution in [1.82, 2.24) is 0 Å². The van der Waals surface area contributed by atoms with Gasteiger partial charge in [-0.2, -0.15) is 0 Å². The van der Waals surface area contributed by atoms with Gasteiger partial charge in [-0.05, 0) is 71.6 Å². The van der Waals surface area contributed by atoms with Crippen LogP contribution < -0.4 is 5.73 Å². The monoisotopic (exact) mass is 383 g/mol. The molecular formula is C24H33NO3. The number of nitrogens with two attached hydrogens (primary N) is 1. The predicted octanol–water partition coefficient (Wildman–Crippen LogP) is 4.98. The van der Waals surface area contributed by atoms with Crippen LogP contribution in [-0.2, 0) is 16.0 Å². The summed E-state index contributed by atoms with van der Waals surface area (Å²) >= 11 is 0. The molecule has 2 aromatic carbocycles. The maximum absolute atomic E-state index is 11.5. The van der Waals surface area contributed by atoms with E-state index in [4.69, 9.17) is 10.5 Å². The molecule has 2 N–H and O–H groups in total. The maximum Gasteiger partial charge on any atom is 0.306 e. The Morgan fingerprint density at radius 2 is 1.39 bits per heavy atom. The molecule has 0 aliphatic heterocycles. The van der Waals surface area contributed by atoms with E-state index < -0.39 is 0 Å². The van der Waals surface area contributed by atoms with E-state index in [1.165, 1.54) is 11.1 Å². The summed E-state index contributed by atoms with van der Waals surface area (Å²) in [5.41, 5.74) is 11.0. The van der Waals surface area contributed by atoms with Gasteiger partial charge in [-0.3, -0.25) is 9.59 Å². The van der Waals surface area contributed by atoms with Crippen molar-refractivity contribution >= 4 is 11.9 Å². The van der Waals surface area contributed by atoms with Crippen molar-refractivity contribution in [2.45, 2.75) is 66.9 Å². The Hall–Kier alpha value is -2.62. The van der Waals surface area contributed by atoms with Crippen LogP contribution in [0.2, 0.25) is 0 Å². The Labute approximate surface area is 169 Å². The number of hydrogen-bond donors (Lipinski definition) is 1. The molecule has 2 aromatic rings. The average molecular weight is 384 g/mol. The minimum atomic E-state index is -0.385. The zero-order chi connectivity index (χ0) is 21.5. The van der Waals surface area contributed by atoms with Crippen molar-refractivity contribution in [3.05, 3.63) is 69.8 Å². The molecule has 0 spiro atoms. The van der Waals surface area contributed by atoms with Crippen LogP contribution in [0.5, 0.6) is 0 Å². The summed E-state index contributed by atoms with van der Waals surface area (Å²) in [6, 6.07) is 12.2. The van der Waals surface area contributed by atoms with Crippen LogP contribution in [0.1, 0.15) is 65.4 Å². The summed E-state index contributed by atoms with van der Waals surface area (Å²) in [6.45, 7) is 13.5. The first kappa shape index (κ1) is 23.4. The predicted molar refractivity (Wildman–Crippen MR) is 115 cm³/mol. The third kappa shape index (κ3) is 8.38. The number of primary amides is 1. The molecule has 0 saturated carbocycles. The highest BCUT2D eigenvalue weighted by molar-refractivity contribution is 5.95. The lowest BCUT2D eigenvalue weighted by molar-refractivity contribution is -0.154. The van der Waals surface area contributed by atoms with Gasteiger partial charge in [-0.1, -0.05) is 47.5 Å². The second-order valence-electron chi connectivity index (χ2n) is 8.21. The molecule has 0 unspecified atom stereocenters. The van der Waals surface area contributed by atoms with Gasteiger partial charge in [0.1, 0.15) is 5.60 Å². The second kappa shape index (κ2) is 10.1. The number of aryl methyl sites for hydroxylation is 5. The van der Waals surface area contributed by atoms with Crippen LogP contribution in [0.3, 0.4) is 0 Å². The van der Waals surface area contributed by atoms with E-state index in [0.717, 1.165) is 23.1 Å². The standard InChI is InChI=1S/C14H20O2.C10H13NO/c1-11-5-7-12(8-6-11)9-10-13(15)16-14(2,3)4;1-6-4-7(2)9(10(11)12)8(3)5-6/h5-8H,9-10H2,1-4H3;4-5H,1-3H3,(H2,11,12). The number of amides is 1. The summed E-state index contributed by atoms with van der Waals surface area (Å²) in [7, 11) is 0. The van der Waals surface area contributed by atoms with Crippen LogP contribution in [0.15, 0.2) is 36.4 Å². The molecule has 0 aliphatic rings. The minimum Gasteiger partial charge on any atom is -0.460 e. The second-order valence-corrected chi connectivity index (χ2v) is 8.21. The molecule has 4 nitrogen and oxygen atoms in total. The van der Waals surface area contributed by atoms with Crippen molar-refractivity contribution in [1.29, 1.82) is 0 Å². The topological polar surface area (TPSA) is 69.4 Å². The number of carbonyl (C=O) groups excluding carboxylic acids is 2. The van der Waals surface area contributed by atoms with E-state index in [0.29, 0.717) is 12.0 Å². The Kier molecular flexibility index (Phi) is 8.42. The third-order valence-corrected chi connectivity index (χ3v) is 4.08. The van der Waals surface area contributed by atoms with E-state index in [-0.39, 0.29) is 17.5 Å². The zero-order valence-corrected chi connectivity index (χ0v) is 18.2. The highest BCUT2D eigenvalue weighted by Gasteiger charge is 2.15. The van der Waals surface area contributed by atoms with Gasteiger partial charge >= 0.3 is 5.97 Å². The van der Waals surface area contributed by atoms with Gasteiger partial charge < -0.3 is 10.5 Å². The van der Waals surface area contributed by atoms with E-state index in [1.807, 2.05) is 53.7 Å². The number of carbonyl (C=O) groups is 2. The molecule has 0 aliphatic carbocycles. The molecule has 0 fully saturated rings. The molecule has 0 radical (unpaired) electrons. The Bertz CT molecular complexity index is 792. The SMILES string of the molecule is Cc1cc(C)c(C(N)=O)c(C)c1.Cc1ccc(CCC(=O)OC(C)(C)C)cc1. The Morgan fingerprint density at radius 1 is 0.893 bits per heavy atom. The minimum absolute atomic E-state index is 0.131. The van der Waals surface area contributed by atoms with Crippen molar-refractivity contribution in [2.24, 2.45) is 5.73 Å². The van der Waals surface area contributed by atoms with Crippen molar-refractivity contribution < 1.29 is 14.3 Å². The van der Waals surface area contributed by atoms with Gasteiger partial charge in [-0.25, -0.2) is 0 Å². The molecular weight excluding hydrogens is 350 g/mol. The van der Waals surface area contributed by atoms with Crippen LogP contribution in [0.25, 0.3) is 0 Å². The normalized spacial score (nSPS) is 10.7. The molecule has 0 bridgehead atoms. The fraction of sp³-hybridized carbons (Fsp3) is 0.417. The summed E-state index contributed by atoms with van der Waals surface area (Å²) in [5.74, 6) is -0.474. The molecule has 4 heteroatoms. The summed E-state index contributed by atoms with van der Waals surface area (Å²) in [6.07, 6.45) is 1.19. The quantitative estimate of drug-likeness (QED) is 0.757. The molecule has 152 valence electrons. The largest absolute Gasteiger partial charge is 0.460 e. The van der Waals surface area contributed by atoms with Gasteiger partial charge in [0.05, 0.1) is 0 Å². The fourth-order valence-corrected chi connectivity index (χ4v) is 2.96. The summed E-state index contributed by atoms with van der Waals surface area (Å²) < 4.78 is 5.24. The van der Waals surface area contributed by atoms with Crippen LogP contribution in [-0.4, -0.2) is 17.5 Å². The molecule has 0 heterocycles. The van der Waals surface area contributed by atoms with E-state index in [1.54, 1.807) is 0 Å². The molecule has 2 rings (SSSR count). The third-order valence-electron chi connectivity index (χ3n) is 4.08. The molecule has 1 amide bonds. The summed E-state index contributed by atoms with van der Waals surface area (Å²) in [4.78, 5) is 22.5. The van der Waals surface area contributed by atoms with Gasteiger partial charge in [0.15, 0.2) is 0 Å². The van der Waals surface area contributed by atoms with Crippen molar-refractivity contribution in [3.63, 3.8) is 0 Å². The van der Waals surface area contributed by atoms with Gasteiger partial charge in [0.25, 0.3) is 0 Å². The molecule has 0 saturated heterocycles. The number of esters is 1. The first-order valence-corrected chi connectivity index (χ1v) is 9.54. The smallest absolute Gasteiger partial charge is 0.306 e. The average Bonchev–Trinajstić information content (AvgIpc) is 2.52. The first-order chi connectivity index (χ1) is 12.9. The van der Waals surface area contributed by atoms with Crippen molar-refractivity contribution in [2.75, 3.05) is 0 Å². The van der Waals surface area contributed by atoms with Gasteiger partial charge in [0.2, 0.25) is 5.91 Å². The molecule has 28 heavy (non-hydrogen) atoms. The fourth-order valence-electron chi connectivity index (χ4n) is 2.96. The highest BCUT2D eigenvalue weighted by atomic mass is 16.6. The number of ether oxygens (including phenoxy) is 1. The number of benzene rings is 2. The van der Waals surface area contributed by atoms with Crippen LogP contribution in [0.4, 0.5) is 0 Å². The Balaban J connectivity index is 0.000000292.